The molecule has 2 heterocycles. The van der Waals surface area contributed by atoms with Gasteiger partial charge in [-0.25, -0.2) is 8.42 Å². The Labute approximate surface area is 184 Å². The van der Waals surface area contributed by atoms with Crippen LogP contribution in [0.25, 0.3) is 10.9 Å². The largest absolute Gasteiger partial charge is 0.435 e. The fourth-order valence-electron chi connectivity index (χ4n) is 3.75. The molecule has 0 radical (unpaired) electrons. The summed E-state index contributed by atoms with van der Waals surface area (Å²) in [4.78, 5) is 19.0. The second-order valence-corrected chi connectivity index (χ2v) is 9.41. The van der Waals surface area contributed by atoms with Gasteiger partial charge in [0, 0.05) is 42.8 Å². The predicted molar refractivity (Wildman–Crippen MR) is 114 cm³/mol. The van der Waals surface area contributed by atoms with Gasteiger partial charge in [0.25, 0.3) is 5.91 Å². The van der Waals surface area contributed by atoms with Crippen molar-refractivity contribution in [1.82, 2.24) is 14.2 Å². The zero-order valence-corrected chi connectivity index (χ0v) is 18.0. The Morgan fingerprint density at radius 3 is 2.56 bits per heavy atom. The number of pyridine rings is 1. The molecule has 0 saturated carbocycles. The molecule has 32 heavy (non-hydrogen) atoms. The maximum absolute atomic E-state index is 13.1. The van der Waals surface area contributed by atoms with Crippen LogP contribution in [-0.2, 0) is 10.0 Å². The lowest BCUT2D eigenvalue weighted by Crippen LogP contribution is -2.55. The number of halogens is 2. The van der Waals surface area contributed by atoms with E-state index in [2.05, 4.69) is 9.72 Å². The number of sulfonamides is 1. The number of carbonyl (C=O) groups excluding carboxylic acids is 1. The van der Waals surface area contributed by atoms with E-state index >= 15 is 0 Å². The third-order valence-electron chi connectivity index (χ3n) is 5.39. The van der Waals surface area contributed by atoms with Gasteiger partial charge in [-0.1, -0.05) is 12.1 Å². The highest BCUT2D eigenvalue weighted by atomic mass is 32.2. The monoisotopic (exact) mass is 461 g/mol. The van der Waals surface area contributed by atoms with Crippen LogP contribution in [0.3, 0.4) is 0 Å². The molecule has 0 bridgehead atoms. The third kappa shape index (κ3) is 4.42. The average Bonchev–Trinajstić information content (AvgIpc) is 2.78. The molecule has 7 nitrogen and oxygen atoms in total. The van der Waals surface area contributed by atoms with E-state index in [1.165, 1.54) is 28.6 Å². The van der Waals surface area contributed by atoms with Crippen molar-refractivity contribution in [3.63, 3.8) is 0 Å². The Balaban J connectivity index is 1.47. The first-order valence-electron chi connectivity index (χ1n) is 9.96. The van der Waals surface area contributed by atoms with Crippen LogP contribution in [0.15, 0.2) is 65.7 Å². The van der Waals surface area contributed by atoms with Crippen LogP contribution >= 0.6 is 0 Å². The van der Waals surface area contributed by atoms with Gasteiger partial charge in [-0.05, 0) is 49.4 Å². The minimum absolute atomic E-state index is 0.0216. The molecule has 0 N–H and O–H groups in total. The number of amides is 1. The van der Waals surface area contributed by atoms with Crippen LogP contribution in [0.5, 0.6) is 5.75 Å². The molecule has 1 aromatic heterocycles. The lowest BCUT2D eigenvalue weighted by molar-refractivity contribution is -0.0498. The van der Waals surface area contributed by atoms with Crippen LogP contribution in [0.2, 0.25) is 0 Å². The molecule has 2 aromatic carbocycles. The fraction of sp³-hybridized carbons (Fsp3) is 0.273. The molecule has 1 aliphatic rings. The minimum Gasteiger partial charge on any atom is -0.435 e. The number of alkyl halides is 2. The molecule has 1 atom stereocenters. The van der Waals surface area contributed by atoms with Crippen molar-refractivity contribution in [2.45, 2.75) is 24.5 Å². The molecule has 3 aromatic rings. The topological polar surface area (TPSA) is 79.8 Å². The Morgan fingerprint density at radius 2 is 1.88 bits per heavy atom. The Hall–Kier alpha value is -3.11. The summed E-state index contributed by atoms with van der Waals surface area (Å²) in [7, 11) is -3.84. The van der Waals surface area contributed by atoms with E-state index in [4.69, 9.17) is 0 Å². The molecule has 1 saturated heterocycles. The molecular formula is C22H21F2N3O4S. The number of hydrogen-bond donors (Lipinski definition) is 0. The summed E-state index contributed by atoms with van der Waals surface area (Å²) in [6, 6.07) is 13.5. The van der Waals surface area contributed by atoms with Crippen molar-refractivity contribution in [3.05, 3.63) is 66.4 Å². The van der Waals surface area contributed by atoms with Gasteiger partial charge in [0.05, 0.1) is 10.4 Å². The fourth-order valence-corrected chi connectivity index (χ4v) is 5.26. The molecule has 1 aliphatic heterocycles. The van der Waals surface area contributed by atoms with E-state index in [1.807, 2.05) is 18.2 Å². The molecule has 0 unspecified atom stereocenters. The molecule has 1 amide bonds. The average molecular weight is 461 g/mol. The van der Waals surface area contributed by atoms with Crippen molar-refractivity contribution in [1.29, 1.82) is 0 Å². The van der Waals surface area contributed by atoms with Gasteiger partial charge in [0.2, 0.25) is 10.0 Å². The highest BCUT2D eigenvalue weighted by molar-refractivity contribution is 7.89. The van der Waals surface area contributed by atoms with E-state index in [-0.39, 0.29) is 42.2 Å². The van der Waals surface area contributed by atoms with Gasteiger partial charge in [-0.15, -0.1) is 0 Å². The highest BCUT2D eigenvalue weighted by Crippen LogP contribution is 2.24. The smallest absolute Gasteiger partial charge is 0.387 e. The summed E-state index contributed by atoms with van der Waals surface area (Å²) in [6.07, 6.45) is 1.66. The minimum atomic E-state index is -3.84. The first kappa shape index (κ1) is 22.1. The number of benzene rings is 2. The van der Waals surface area contributed by atoms with Crippen molar-refractivity contribution in [3.8, 4) is 5.75 Å². The summed E-state index contributed by atoms with van der Waals surface area (Å²) in [5, 5.41) is 0.929. The summed E-state index contributed by atoms with van der Waals surface area (Å²) < 4.78 is 56.1. The first-order chi connectivity index (χ1) is 15.3. The number of ether oxygens (including phenoxy) is 1. The number of carbonyl (C=O) groups is 1. The predicted octanol–water partition coefficient (Wildman–Crippen LogP) is 3.37. The Kier molecular flexibility index (Phi) is 6.07. The number of fused-ring (bicyclic) bond motifs is 1. The van der Waals surface area contributed by atoms with Crippen LogP contribution in [0.1, 0.15) is 17.3 Å². The molecule has 10 heteroatoms. The van der Waals surface area contributed by atoms with Crippen LogP contribution in [0.4, 0.5) is 8.78 Å². The van der Waals surface area contributed by atoms with Crippen molar-refractivity contribution in [2.24, 2.45) is 0 Å². The molecular weight excluding hydrogens is 440 g/mol. The quantitative estimate of drug-likeness (QED) is 0.582. The molecule has 0 aliphatic carbocycles. The normalized spacial score (nSPS) is 17.6. The van der Waals surface area contributed by atoms with E-state index in [9.17, 15) is 22.0 Å². The molecule has 1 fully saturated rings. The molecule has 0 spiro atoms. The van der Waals surface area contributed by atoms with Gasteiger partial charge < -0.3 is 9.64 Å². The first-order valence-corrected chi connectivity index (χ1v) is 11.4. The second-order valence-electron chi connectivity index (χ2n) is 7.47. The Morgan fingerprint density at radius 1 is 1.12 bits per heavy atom. The lowest BCUT2D eigenvalue weighted by atomic mass is 10.1. The van der Waals surface area contributed by atoms with Crippen LogP contribution < -0.4 is 4.74 Å². The van der Waals surface area contributed by atoms with Crippen molar-refractivity contribution >= 4 is 26.8 Å². The maximum atomic E-state index is 13.1. The summed E-state index contributed by atoms with van der Waals surface area (Å²) in [6.45, 7) is -0.721. The zero-order valence-electron chi connectivity index (χ0n) is 17.2. The number of nitrogens with zero attached hydrogens (tertiary/aromatic N) is 3. The van der Waals surface area contributed by atoms with Gasteiger partial charge in [-0.2, -0.15) is 13.1 Å². The van der Waals surface area contributed by atoms with Crippen LogP contribution in [0, 0.1) is 0 Å². The number of hydrogen-bond acceptors (Lipinski definition) is 5. The standard InChI is InChI=1S/C22H21F2N3O4S/c1-15-14-26(32(29,30)19-8-6-18(7-9-19)31-22(23)24)11-12-27(15)21(28)17-5-4-16-3-2-10-25-20(16)13-17/h2-10,13,15,22H,11-12,14H2,1H3/t15-/m0/s1. The van der Waals surface area contributed by atoms with E-state index in [0.29, 0.717) is 11.1 Å². The molecule has 168 valence electrons. The SMILES string of the molecule is C[C@H]1CN(S(=O)(=O)c2ccc(OC(F)F)cc2)CCN1C(=O)c1ccc2cccnc2c1. The highest BCUT2D eigenvalue weighted by Gasteiger charge is 2.34. The van der Waals surface area contributed by atoms with Gasteiger partial charge in [0.15, 0.2) is 0 Å². The van der Waals surface area contributed by atoms with Crippen molar-refractivity contribution in [2.75, 3.05) is 19.6 Å². The third-order valence-corrected chi connectivity index (χ3v) is 7.27. The Bertz CT molecular complexity index is 1240. The summed E-state index contributed by atoms with van der Waals surface area (Å²) >= 11 is 0. The van der Waals surface area contributed by atoms with Crippen LogP contribution in [-0.4, -0.2) is 60.8 Å². The van der Waals surface area contributed by atoms with E-state index in [1.54, 1.807) is 30.2 Å². The van der Waals surface area contributed by atoms with Gasteiger partial charge in [-0.3, -0.25) is 9.78 Å². The lowest BCUT2D eigenvalue weighted by Gasteiger charge is -2.39. The van der Waals surface area contributed by atoms with Crippen molar-refractivity contribution < 1.29 is 26.7 Å². The number of piperazine rings is 1. The zero-order chi connectivity index (χ0) is 22.9. The number of rotatable bonds is 5. The van der Waals surface area contributed by atoms with Gasteiger partial charge >= 0.3 is 6.61 Å². The molecule has 4 rings (SSSR count). The summed E-state index contributed by atoms with van der Waals surface area (Å²) in [5.74, 6) is -0.303. The maximum Gasteiger partial charge on any atom is 0.387 e. The second kappa shape index (κ2) is 8.79. The van der Waals surface area contributed by atoms with E-state index < -0.39 is 16.6 Å². The van der Waals surface area contributed by atoms with Gasteiger partial charge in [0.1, 0.15) is 5.75 Å². The summed E-state index contributed by atoms with van der Waals surface area (Å²) in [5.41, 5.74) is 1.21. The number of aromatic nitrogens is 1. The van der Waals surface area contributed by atoms with E-state index in [0.717, 1.165) is 5.39 Å².